The van der Waals surface area contributed by atoms with E-state index in [2.05, 4.69) is 17.6 Å². The second kappa shape index (κ2) is 6.87. The summed E-state index contributed by atoms with van der Waals surface area (Å²) in [6.07, 6.45) is 4.63. The second-order valence-corrected chi connectivity index (χ2v) is 5.91. The maximum Gasteiger partial charge on any atom is 0.251 e. The molecule has 116 valence electrons. The first kappa shape index (κ1) is 15.7. The van der Waals surface area contributed by atoms with Gasteiger partial charge >= 0.3 is 0 Å². The fraction of sp³-hybridized carbons (Fsp3) is 0.562. The van der Waals surface area contributed by atoms with Gasteiger partial charge in [-0.15, -0.1) is 0 Å². The molecule has 0 radical (unpaired) electrons. The molecule has 1 fully saturated rings. The van der Waals surface area contributed by atoms with E-state index in [9.17, 15) is 13.6 Å². The molecule has 0 spiro atoms. The highest BCUT2D eigenvalue weighted by Crippen LogP contribution is 2.28. The lowest BCUT2D eigenvalue weighted by atomic mass is 9.82. The Morgan fingerprint density at radius 3 is 2.52 bits per heavy atom. The first-order chi connectivity index (χ1) is 10.0. The number of hydrogen-bond donors (Lipinski definition) is 2. The van der Waals surface area contributed by atoms with Crippen LogP contribution in [0.5, 0.6) is 0 Å². The number of halogens is 2. The van der Waals surface area contributed by atoms with Gasteiger partial charge < -0.3 is 10.6 Å². The zero-order valence-electron chi connectivity index (χ0n) is 12.5. The Morgan fingerprint density at radius 1 is 1.29 bits per heavy atom. The molecule has 0 saturated heterocycles. The summed E-state index contributed by atoms with van der Waals surface area (Å²) in [6, 6.07) is 2.13. The van der Waals surface area contributed by atoms with E-state index in [0.29, 0.717) is 18.4 Å². The van der Waals surface area contributed by atoms with Crippen LogP contribution in [0.15, 0.2) is 12.1 Å². The van der Waals surface area contributed by atoms with Crippen molar-refractivity contribution in [2.75, 3.05) is 18.9 Å². The van der Waals surface area contributed by atoms with Crippen LogP contribution in [0.25, 0.3) is 0 Å². The zero-order valence-corrected chi connectivity index (χ0v) is 12.5. The molecule has 1 amide bonds. The molecule has 1 aliphatic rings. The number of hydrogen-bond acceptors (Lipinski definition) is 2. The quantitative estimate of drug-likeness (QED) is 0.892. The molecule has 0 bridgehead atoms. The van der Waals surface area contributed by atoms with E-state index in [1.165, 1.54) is 19.9 Å². The highest BCUT2D eigenvalue weighted by atomic mass is 19.1. The summed E-state index contributed by atoms with van der Waals surface area (Å²) in [6.45, 7) is 2.79. The standard InChI is InChI=1S/C16H22F2N2O/c1-10-4-3-5-11(6-10)9-20-16(21)12-7-13(17)15(19-2)14(18)8-12/h7-8,10-11,19H,3-6,9H2,1-2H3,(H,20,21). The summed E-state index contributed by atoms with van der Waals surface area (Å²) in [4.78, 5) is 12.0. The van der Waals surface area contributed by atoms with Crippen molar-refractivity contribution in [2.24, 2.45) is 11.8 Å². The molecule has 3 nitrogen and oxygen atoms in total. The highest BCUT2D eigenvalue weighted by molar-refractivity contribution is 5.94. The van der Waals surface area contributed by atoms with Gasteiger partial charge in [0.05, 0.1) is 0 Å². The van der Waals surface area contributed by atoms with Crippen molar-refractivity contribution in [1.29, 1.82) is 0 Å². The minimum absolute atomic E-state index is 0.0212. The maximum absolute atomic E-state index is 13.6. The Morgan fingerprint density at radius 2 is 1.95 bits per heavy atom. The van der Waals surface area contributed by atoms with Crippen molar-refractivity contribution < 1.29 is 13.6 Å². The third kappa shape index (κ3) is 3.93. The first-order valence-electron chi connectivity index (χ1n) is 7.46. The fourth-order valence-electron chi connectivity index (χ4n) is 3.03. The third-order valence-corrected chi connectivity index (χ3v) is 4.15. The van der Waals surface area contributed by atoms with Gasteiger partial charge in [0.25, 0.3) is 5.91 Å². The summed E-state index contributed by atoms with van der Waals surface area (Å²) < 4.78 is 27.3. The highest BCUT2D eigenvalue weighted by Gasteiger charge is 2.20. The SMILES string of the molecule is CNc1c(F)cc(C(=O)NCC2CCCC(C)C2)cc1F. The predicted octanol–water partition coefficient (Wildman–Crippen LogP) is 3.56. The number of carbonyl (C=O) groups excluding carboxylic acids is 1. The maximum atomic E-state index is 13.6. The van der Waals surface area contributed by atoms with Crippen molar-refractivity contribution in [3.8, 4) is 0 Å². The summed E-state index contributed by atoms with van der Waals surface area (Å²) in [5.41, 5.74) is -0.194. The van der Waals surface area contributed by atoms with E-state index in [4.69, 9.17) is 0 Å². The number of anilines is 1. The third-order valence-electron chi connectivity index (χ3n) is 4.15. The van der Waals surface area contributed by atoms with E-state index in [1.807, 2.05) is 0 Å². The summed E-state index contributed by atoms with van der Waals surface area (Å²) in [5.74, 6) is -0.786. The lowest BCUT2D eigenvalue weighted by molar-refractivity contribution is 0.0940. The van der Waals surface area contributed by atoms with Gasteiger partial charge in [-0.2, -0.15) is 0 Å². The molecule has 21 heavy (non-hydrogen) atoms. The van der Waals surface area contributed by atoms with E-state index in [-0.39, 0.29) is 11.3 Å². The number of rotatable bonds is 4. The smallest absolute Gasteiger partial charge is 0.251 e. The molecule has 5 heteroatoms. The Hall–Kier alpha value is -1.65. The normalized spacial score (nSPS) is 21.9. The van der Waals surface area contributed by atoms with Crippen LogP contribution < -0.4 is 10.6 Å². The molecule has 1 aromatic carbocycles. The number of benzene rings is 1. The number of amides is 1. The molecule has 2 atom stereocenters. The van der Waals surface area contributed by atoms with Gasteiger partial charge in [-0.3, -0.25) is 4.79 Å². The molecular weight excluding hydrogens is 274 g/mol. The molecular formula is C16H22F2N2O. The van der Waals surface area contributed by atoms with Gasteiger partial charge in [0.2, 0.25) is 0 Å². The lowest BCUT2D eigenvalue weighted by Crippen LogP contribution is -2.31. The Kier molecular flexibility index (Phi) is 5.15. The molecule has 1 aliphatic carbocycles. The average Bonchev–Trinajstić information content (AvgIpc) is 2.44. The van der Waals surface area contributed by atoms with Crippen molar-refractivity contribution in [1.82, 2.24) is 5.32 Å². The fourth-order valence-corrected chi connectivity index (χ4v) is 3.03. The largest absolute Gasteiger partial charge is 0.383 e. The van der Waals surface area contributed by atoms with Crippen LogP contribution in [0.1, 0.15) is 43.0 Å². The van der Waals surface area contributed by atoms with Gasteiger partial charge in [-0.1, -0.05) is 19.8 Å². The van der Waals surface area contributed by atoms with E-state index in [0.717, 1.165) is 25.0 Å². The van der Waals surface area contributed by atoms with Crippen molar-refractivity contribution in [2.45, 2.75) is 32.6 Å². The Bertz CT molecular complexity index is 496. The van der Waals surface area contributed by atoms with Crippen molar-refractivity contribution in [3.05, 3.63) is 29.3 Å². The monoisotopic (exact) mass is 296 g/mol. The van der Waals surface area contributed by atoms with E-state index >= 15 is 0 Å². The summed E-state index contributed by atoms with van der Waals surface area (Å²) in [7, 11) is 1.44. The second-order valence-electron chi connectivity index (χ2n) is 5.91. The van der Waals surface area contributed by atoms with Gasteiger partial charge in [0.15, 0.2) is 0 Å². The summed E-state index contributed by atoms with van der Waals surface area (Å²) in [5, 5.41) is 5.22. The van der Waals surface area contributed by atoms with Crippen LogP contribution in [-0.4, -0.2) is 19.5 Å². The molecule has 0 aromatic heterocycles. The first-order valence-corrected chi connectivity index (χ1v) is 7.46. The molecule has 2 rings (SSSR count). The van der Waals surface area contributed by atoms with Gasteiger partial charge in [0.1, 0.15) is 17.3 Å². The van der Waals surface area contributed by atoms with Crippen LogP contribution in [0.4, 0.5) is 14.5 Å². The molecule has 1 aromatic rings. The lowest BCUT2D eigenvalue weighted by Gasteiger charge is -2.26. The Balaban J connectivity index is 1.97. The Labute approximate surface area is 124 Å². The minimum Gasteiger partial charge on any atom is -0.383 e. The molecule has 2 unspecified atom stereocenters. The zero-order chi connectivity index (χ0) is 15.4. The molecule has 0 aliphatic heterocycles. The molecule has 1 saturated carbocycles. The van der Waals surface area contributed by atoms with Gasteiger partial charge in [0, 0.05) is 19.2 Å². The van der Waals surface area contributed by atoms with Crippen LogP contribution in [0.3, 0.4) is 0 Å². The van der Waals surface area contributed by atoms with Gasteiger partial charge in [-0.25, -0.2) is 8.78 Å². The number of carbonyl (C=O) groups is 1. The van der Waals surface area contributed by atoms with Crippen molar-refractivity contribution >= 4 is 11.6 Å². The number of nitrogens with one attached hydrogen (secondary N) is 2. The minimum atomic E-state index is -0.756. The topological polar surface area (TPSA) is 41.1 Å². The average molecular weight is 296 g/mol. The van der Waals surface area contributed by atoms with Crippen molar-refractivity contribution in [3.63, 3.8) is 0 Å². The van der Waals surface area contributed by atoms with Gasteiger partial charge in [-0.05, 0) is 36.8 Å². The van der Waals surface area contributed by atoms with E-state index in [1.54, 1.807) is 0 Å². The van der Waals surface area contributed by atoms with Crippen LogP contribution >= 0.6 is 0 Å². The van der Waals surface area contributed by atoms with Crippen LogP contribution in [0.2, 0.25) is 0 Å². The van der Waals surface area contributed by atoms with E-state index < -0.39 is 17.5 Å². The van der Waals surface area contributed by atoms with Crippen LogP contribution in [0, 0.1) is 23.5 Å². The van der Waals surface area contributed by atoms with Crippen LogP contribution in [-0.2, 0) is 0 Å². The predicted molar refractivity (Wildman–Crippen MR) is 79.4 cm³/mol. The molecule has 0 heterocycles. The molecule has 2 N–H and O–H groups in total. The summed E-state index contributed by atoms with van der Waals surface area (Å²) >= 11 is 0.